The van der Waals surface area contributed by atoms with Gasteiger partial charge >= 0.3 is 23.6 Å². The van der Waals surface area contributed by atoms with Gasteiger partial charge in [-0.2, -0.15) is 4.98 Å². The number of carbonyl (C=O) groups excluding carboxylic acids is 3. The van der Waals surface area contributed by atoms with Crippen molar-refractivity contribution in [2.45, 2.75) is 24.5 Å². The Balaban J connectivity index is 1.50. The molecule has 0 aliphatic carbocycles. The monoisotopic (exact) mass is 570 g/mol. The molecule has 3 aromatic carbocycles. The molecular formula is C31H26N2O9. The van der Waals surface area contributed by atoms with Crippen LogP contribution in [0, 0.1) is 0 Å². The highest BCUT2D eigenvalue weighted by atomic mass is 16.7. The summed E-state index contributed by atoms with van der Waals surface area (Å²) < 4.78 is 29.5. The zero-order chi connectivity index (χ0) is 29.5. The highest BCUT2D eigenvalue weighted by Crippen LogP contribution is 2.35. The van der Waals surface area contributed by atoms with Crippen molar-refractivity contribution < 1.29 is 38.1 Å². The molecule has 0 bridgehead atoms. The van der Waals surface area contributed by atoms with Gasteiger partial charge in [0.2, 0.25) is 5.88 Å². The van der Waals surface area contributed by atoms with Crippen molar-refractivity contribution in [2.24, 2.45) is 0 Å². The van der Waals surface area contributed by atoms with Crippen LogP contribution < -0.4 is 10.4 Å². The van der Waals surface area contributed by atoms with Crippen LogP contribution in [0.1, 0.15) is 37.3 Å². The first-order valence-electron chi connectivity index (χ1n) is 13.0. The van der Waals surface area contributed by atoms with Gasteiger partial charge in [-0.3, -0.25) is 4.57 Å². The Morgan fingerprint density at radius 2 is 1.24 bits per heavy atom. The van der Waals surface area contributed by atoms with Gasteiger partial charge in [0.05, 0.1) is 23.8 Å². The van der Waals surface area contributed by atoms with E-state index < -0.39 is 48.1 Å². The van der Waals surface area contributed by atoms with Gasteiger partial charge in [-0.25, -0.2) is 19.2 Å². The van der Waals surface area contributed by atoms with E-state index in [0.29, 0.717) is 5.56 Å². The summed E-state index contributed by atoms with van der Waals surface area (Å²) in [5.74, 6) is -2.05. The number of aromatic nitrogens is 2. The quantitative estimate of drug-likeness (QED) is 0.218. The van der Waals surface area contributed by atoms with E-state index >= 15 is 0 Å². The molecule has 42 heavy (non-hydrogen) atoms. The third-order valence-corrected chi connectivity index (χ3v) is 6.47. The molecule has 11 heteroatoms. The predicted octanol–water partition coefficient (Wildman–Crippen LogP) is 3.46. The van der Waals surface area contributed by atoms with Crippen molar-refractivity contribution in [1.29, 1.82) is 0 Å². The Hall–Kier alpha value is -5.29. The molecule has 1 aliphatic heterocycles. The Bertz CT molecular complexity index is 1590. The second-order valence-corrected chi connectivity index (χ2v) is 9.16. The maximum absolute atomic E-state index is 13.2. The molecule has 4 atom stereocenters. The topological polar surface area (TPSA) is 132 Å². The van der Waals surface area contributed by atoms with E-state index in [1.165, 1.54) is 19.4 Å². The van der Waals surface area contributed by atoms with Crippen LogP contribution in [0.15, 0.2) is 108 Å². The minimum atomic E-state index is -1.33. The van der Waals surface area contributed by atoms with Crippen molar-refractivity contribution in [3.8, 4) is 5.88 Å². The fraction of sp³-hybridized carbons (Fsp3) is 0.194. The summed E-state index contributed by atoms with van der Waals surface area (Å²) in [6, 6.07) is 26.1. The van der Waals surface area contributed by atoms with Crippen molar-refractivity contribution in [3.05, 3.63) is 130 Å². The number of methoxy groups -OCH3 is 1. The minimum absolute atomic E-state index is 0.0625. The smallest absolute Gasteiger partial charge is 0.353 e. The average Bonchev–Trinajstić information content (AvgIpc) is 3.36. The molecule has 0 amide bonds. The Morgan fingerprint density at radius 3 is 1.74 bits per heavy atom. The fourth-order valence-corrected chi connectivity index (χ4v) is 4.39. The second-order valence-electron chi connectivity index (χ2n) is 9.16. The van der Waals surface area contributed by atoms with E-state index in [1.807, 2.05) is 0 Å². The van der Waals surface area contributed by atoms with Gasteiger partial charge in [-0.15, -0.1) is 0 Å². The molecule has 0 radical (unpaired) electrons. The lowest BCUT2D eigenvalue weighted by atomic mass is 10.1. The van der Waals surface area contributed by atoms with Crippen LogP contribution in [0.4, 0.5) is 0 Å². The van der Waals surface area contributed by atoms with Gasteiger partial charge in [0.25, 0.3) is 0 Å². The molecule has 0 saturated carbocycles. The molecule has 0 unspecified atom stereocenters. The Labute approximate surface area is 240 Å². The zero-order valence-corrected chi connectivity index (χ0v) is 22.4. The number of esters is 3. The standard InChI is InChI=1S/C31H26N2O9/c1-38-24-17-18-33(31(37)32-24)27-26(42-30(36)22-15-9-4-10-16-22)25(41-29(35)21-13-7-3-8-14-21)23(40-27)19-39-28(34)20-11-5-2-6-12-20/h2-18,23,25-27H,19H2,1H3/t23-,25+,26+,27+/m0/s1. The van der Waals surface area contributed by atoms with Gasteiger partial charge in [-0.1, -0.05) is 54.6 Å². The van der Waals surface area contributed by atoms with Crippen LogP contribution in [0.2, 0.25) is 0 Å². The van der Waals surface area contributed by atoms with Crippen LogP contribution in [0.3, 0.4) is 0 Å². The van der Waals surface area contributed by atoms with Crippen LogP contribution >= 0.6 is 0 Å². The number of rotatable bonds is 9. The number of benzene rings is 3. The summed E-state index contributed by atoms with van der Waals surface area (Å²) in [4.78, 5) is 55.9. The molecule has 5 rings (SSSR count). The highest BCUT2D eigenvalue weighted by Gasteiger charge is 2.51. The molecule has 1 aromatic heterocycles. The maximum atomic E-state index is 13.2. The maximum Gasteiger partial charge on any atom is 0.353 e. The normalized spacial score (nSPS) is 19.5. The van der Waals surface area contributed by atoms with Gasteiger partial charge in [0.1, 0.15) is 12.7 Å². The number of carbonyl (C=O) groups is 3. The van der Waals surface area contributed by atoms with E-state index in [1.54, 1.807) is 91.0 Å². The number of hydrogen-bond donors (Lipinski definition) is 0. The van der Waals surface area contributed by atoms with Gasteiger partial charge < -0.3 is 23.7 Å². The molecule has 1 fully saturated rings. The largest absolute Gasteiger partial charge is 0.481 e. The second kappa shape index (κ2) is 12.9. The van der Waals surface area contributed by atoms with Crippen molar-refractivity contribution >= 4 is 17.9 Å². The van der Waals surface area contributed by atoms with E-state index in [-0.39, 0.29) is 23.6 Å². The van der Waals surface area contributed by atoms with Crippen LogP contribution in [0.5, 0.6) is 5.88 Å². The van der Waals surface area contributed by atoms with E-state index in [2.05, 4.69) is 4.98 Å². The van der Waals surface area contributed by atoms with E-state index in [0.717, 1.165) is 4.57 Å². The lowest BCUT2D eigenvalue weighted by Crippen LogP contribution is -2.42. The van der Waals surface area contributed by atoms with Gasteiger partial charge in [-0.05, 0) is 36.4 Å². The lowest BCUT2D eigenvalue weighted by Gasteiger charge is -2.25. The number of hydrogen-bond acceptors (Lipinski definition) is 10. The third kappa shape index (κ3) is 6.37. The molecule has 4 aromatic rings. The molecular weight excluding hydrogens is 544 g/mol. The number of ether oxygens (including phenoxy) is 5. The summed E-state index contributed by atoms with van der Waals surface area (Å²) >= 11 is 0. The first kappa shape index (κ1) is 28.2. The summed E-state index contributed by atoms with van der Waals surface area (Å²) in [7, 11) is 1.36. The van der Waals surface area contributed by atoms with E-state index in [9.17, 15) is 19.2 Å². The SMILES string of the molecule is COc1ccn([C@@H]2O[C@@H](COC(=O)c3ccccc3)[C@@H](OC(=O)c3ccccc3)[C@H]2OC(=O)c2ccccc2)c(=O)n1. The summed E-state index contributed by atoms with van der Waals surface area (Å²) in [5, 5.41) is 0. The number of nitrogens with zero attached hydrogens (tertiary/aromatic N) is 2. The van der Waals surface area contributed by atoms with Gasteiger partial charge in [0.15, 0.2) is 18.4 Å². The van der Waals surface area contributed by atoms with Crippen molar-refractivity contribution in [3.63, 3.8) is 0 Å². The molecule has 2 heterocycles. The molecule has 11 nitrogen and oxygen atoms in total. The summed E-state index contributed by atoms with van der Waals surface area (Å²) in [5.41, 5.74) is -0.0105. The highest BCUT2D eigenvalue weighted by molar-refractivity contribution is 5.91. The van der Waals surface area contributed by atoms with Crippen molar-refractivity contribution in [1.82, 2.24) is 9.55 Å². The average molecular weight is 571 g/mol. The molecule has 1 aliphatic rings. The molecule has 0 N–H and O–H groups in total. The molecule has 0 spiro atoms. The molecule has 214 valence electrons. The predicted molar refractivity (Wildman–Crippen MR) is 147 cm³/mol. The van der Waals surface area contributed by atoms with Gasteiger partial charge in [0, 0.05) is 12.3 Å². The van der Waals surface area contributed by atoms with Crippen LogP contribution in [0.25, 0.3) is 0 Å². The third-order valence-electron chi connectivity index (χ3n) is 6.47. The minimum Gasteiger partial charge on any atom is -0.481 e. The summed E-state index contributed by atoms with van der Waals surface area (Å²) in [6.45, 7) is -0.380. The molecule has 1 saturated heterocycles. The van der Waals surface area contributed by atoms with Crippen molar-refractivity contribution in [2.75, 3.05) is 13.7 Å². The first-order chi connectivity index (χ1) is 20.4. The summed E-state index contributed by atoms with van der Waals surface area (Å²) in [6.07, 6.45) is -3.68. The van der Waals surface area contributed by atoms with Crippen LogP contribution in [-0.2, 0) is 18.9 Å². The Morgan fingerprint density at radius 1 is 0.738 bits per heavy atom. The zero-order valence-electron chi connectivity index (χ0n) is 22.4. The first-order valence-corrected chi connectivity index (χ1v) is 13.0. The lowest BCUT2D eigenvalue weighted by molar-refractivity contribution is -0.0640. The fourth-order valence-electron chi connectivity index (χ4n) is 4.39. The Kier molecular flexibility index (Phi) is 8.69. The van der Waals surface area contributed by atoms with E-state index in [4.69, 9.17) is 23.7 Å². The van der Waals surface area contributed by atoms with Crippen LogP contribution in [-0.4, -0.2) is 59.5 Å².